The van der Waals surface area contributed by atoms with Crippen LogP contribution in [0.1, 0.15) is 12.8 Å². The standard InChI is InChI=1S/C16H16N4O4/c1-24-14-9-11(4-6-13(14)19-8-2-3-16(19)21)18-15-7-5-12(10-17-15)20(22)23/h4-7,9-10H,2-3,8H2,1H3,(H,17,18). The maximum Gasteiger partial charge on any atom is 0.287 e. The number of nitro groups is 1. The van der Waals surface area contributed by atoms with E-state index in [1.54, 1.807) is 18.1 Å². The number of pyridine rings is 1. The lowest BCUT2D eigenvalue weighted by molar-refractivity contribution is -0.385. The summed E-state index contributed by atoms with van der Waals surface area (Å²) in [7, 11) is 1.55. The van der Waals surface area contributed by atoms with E-state index >= 15 is 0 Å². The second-order valence-electron chi connectivity index (χ2n) is 5.32. The number of amides is 1. The van der Waals surface area contributed by atoms with Gasteiger partial charge >= 0.3 is 0 Å². The molecule has 1 N–H and O–H groups in total. The summed E-state index contributed by atoms with van der Waals surface area (Å²) in [5, 5.41) is 13.7. The summed E-state index contributed by atoms with van der Waals surface area (Å²) in [5.41, 5.74) is 1.38. The summed E-state index contributed by atoms with van der Waals surface area (Å²) in [6.45, 7) is 0.686. The van der Waals surface area contributed by atoms with E-state index in [0.29, 0.717) is 30.2 Å². The topological polar surface area (TPSA) is 97.6 Å². The quantitative estimate of drug-likeness (QED) is 0.669. The van der Waals surface area contributed by atoms with Gasteiger partial charge in [0.1, 0.15) is 17.8 Å². The summed E-state index contributed by atoms with van der Waals surface area (Å²) >= 11 is 0. The van der Waals surface area contributed by atoms with Gasteiger partial charge in [-0.3, -0.25) is 14.9 Å². The molecular weight excluding hydrogens is 312 g/mol. The summed E-state index contributed by atoms with van der Waals surface area (Å²) in [4.78, 5) is 27.8. The van der Waals surface area contributed by atoms with Gasteiger partial charge in [-0.15, -0.1) is 0 Å². The molecule has 1 aromatic carbocycles. The van der Waals surface area contributed by atoms with Crippen molar-refractivity contribution in [2.45, 2.75) is 12.8 Å². The molecule has 124 valence electrons. The Morgan fingerprint density at radius 1 is 1.33 bits per heavy atom. The molecule has 0 atom stereocenters. The van der Waals surface area contributed by atoms with Gasteiger partial charge in [-0.25, -0.2) is 4.98 Å². The van der Waals surface area contributed by atoms with E-state index in [4.69, 9.17) is 4.74 Å². The fraction of sp³-hybridized carbons (Fsp3) is 0.250. The summed E-state index contributed by atoms with van der Waals surface area (Å²) < 4.78 is 5.39. The van der Waals surface area contributed by atoms with Gasteiger partial charge in [-0.2, -0.15) is 0 Å². The van der Waals surface area contributed by atoms with Crippen molar-refractivity contribution < 1.29 is 14.5 Å². The molecule has 1 amide bonds. The normalized spacial score (nSPS) is 13.9. The number of hydrogen-bond acceptors (Lipinski definition) is 6. The van der Waals surface area contributed by atoms with Crippen LogP contribution in [-0.2, 0) is 4.79 Å². The molecule has 1 saturated heterocycles. The predicted molar refractivity (Wildman–Crippen MR) is 88.8 cm³/mol. The molecular formula is C16H16N4O4. The van der Waals surface area contributed by atoms with Crippen molar-refractivity contribution in [1.82, 2.24) is 4.98 Å². The molecule has 0 aliphatic carbocycles. The van der Waals surface area contributed by atoms with Crippen LogP contribution in [0.15, 0.2) is 36.5 Å². The Kier molecular flexibility index (Phi) is 4.28. The SMILES string of the molecule is COc1cc(Nc2ccc([N+](=O)[O-])cn2)ccc1N1CCCC1=O. The minimum absolute atomic E-state index is 0.0685. The maximum atomic E-state index is 11.9. The largest absolute Gasteiger partial charge is 0.494 e. The van der Waals surface area contributed by atoms with Crippen LogP contribution in [0, 0.1) is 10.1 Å². The molecule has 3 rings (SSSR count). The van der Waals surface area contributed by atoms with Crippen LogP contribution in [0.2, 0.25) is 0 Å². The number of benzene rings is 1. The number of carbonyl (C=O) groups excluding carboxylic acids is 1. The molecule has 0 radical (unpaired) electrons. The zero-order chi connectivity index (χ0) is 17.1. The van der Waals surface area contributed by atoms with Gasteiger partial charge in [0.05, 0.1) is 17.7 Å². The fourth-order valence-corrected chi connectivity index (χ4v) is 2.60. The highest BCUT2D eigenvalue weighted by molar-refractivity contribution is 5.97. The second kappa shape index (κ2) is 6.53. The third-order valence-corrected chi connectivity index (χ3v) is 3.78. The van der Waals surface area contributed by atoms with E-state index in [9.17, 15) is 14.9 Å². The van der Waals surface area contributed by atoms with Crippen molar-refractivity contribution in [3.05, 3.63) is 46.6 Å². The Balaban J connectivity index is 1.81. The number of carbonyl (C=O) groups is 1. The summed E-state index contributed by atoms with van der Waals surface area (Å²) in [6.07, 6.45) is 2.58. The first-order valence-electron chi connectivity index (χ1n) is 7.44. The van der Waals surface area contributed by atoms with Gasteiger partial charge in [-0.1, -0.05) is 0 Å². The van der Waals surface area contributed by atoms with Crippen LogP contribution >= 0.6 is 0 Å². The number of hydrogen-bond donors (Lipinski definition) is 1. The van der Waals surface area contributed by atoms with Crippen molar-refractivity contribution in [3.63, 3.8) is 0 Å². The highest BCUT2D eigenvalue weighted by atomic mass is 16.6. The smallest absolute Gasteiger partial charge is 0.287 e. The number of methoxy groups -OCH3 is 1. The monoisotopic (exact) mass is 328 g/mol. The Labute approximate surface area is 138 Å². The summed E-state index contributed by atoms with van der Waals surface area (Å²) in [6, 6.07) is 8.30. The van der Waals surface area contributed by atoms with Gasteiger partial charge in [0.25, 0.3) is 5.69 Å². The van der Waals surface area contributed by atoms with Crippen LogP contribution in [0.4, 0.5) is 22.9 Å². The van der Waals surface area contributed by atoms with Crippen LogP contribution in [0.5, 0.6) is 5.75 Å². The third-order valence-electron chi connectivity index (χ3n) is 3.78. The van der Waals surface area contributed by atoms with E-state index in [-0.39, 0.29) is 11.6 Å². The first-order chi connectivity index (χ1) is 11.6. The Morgan fingerprint density at radius 2 is 2.17 bits per heavy atom. The predicted octanol–water partition coefficient (Wildman–Crippen LogP) is 2.87. The van der Waals surface area contributed by atoms with Crippen LogP contribution in [-0.4, -0.2) is 29.5 Å². The molecule has 1 aliphatic heterocycles. The van der Waals surface area contributed by atoms with Gasteiger partial charge in [0.15, 0.2) is 0 Å². The van der Waals surface area contributed by atoms with E-state index in [1.807, 2.05) is 12.1 Å². The molecule has 1 aromatic heterocycles. The zero-order valence-corrected chi connectivity index (χ0v) is 13.1. The van der Waals surface area contributed by atoms with Crippen molar-refractivity contribution in [2.75, 3.05) is 23.9 Å². The lowest BCUT2D eigenvalue weighted by atomic mass is 10.2. The van der Waals surface area contributed by atoms with E-state index < -0.39 is 4.92 Å². The minimum Gasteiger partial charge on any atom is -0.494 e. The Bertz CT molecular complexity index is 776. The van der Waals surface area contributed by atoms with Crippen LogP contribution in [0.25, 0.3) is 0 Å². The molecule has 0 unspecified atom stereocenters. The number of aromatic nitrogens is 1. The van der Waals surface area contributed by atoms with Crippen molar-refractivity contribution in [1.29, 1.82) is 0 Å². The van der Waals surface area contributed by atoms with Gasteiger partial charge in [0.2, 0.25) is 5.91 Å². The van der Waals surface area contributed by atoms with Crippen LogP contribution < -0.4 is 15.0 Å². The van der Waals surface area contributed by atoms with Crippen molar-refractivity contribution in [2.24, 2.45) is 0 Å². The van der Waals surface area contributed by atoms with Gasteiger partial charge in [-0.05, 0) is 24.6 Å². The lowest BCUT2D eigenvalue weighted by Crippen LogP contribution is -2.24. The number of nitrogens with zero attached hydrogens (tertiary/aromatic N) is 3. The molecule has 2 heterocycles. The minimum atomic E-state index is -0.498. The molecule has 1 aliphatic rings. The second-order valence-corrected chi connectivity index (χ2v) is 5.32. The first-order valence-corrected chi connectivity index (χ1v) is 7.44. The average Bonchev–Trinajstić information content (AvgIpc) is 3.01. The number of nitrogens with one attached hydrogen (secondary N) is 1. The molecule has 24 heavy (non-hydrogen) atoms. The van der Waals surface area contributed by atoms with Crippen LogP contribution in [0.3, 0.4) is 0 Å². The first kappa shape index (κ1) is 15.7. The lowest BCUT2D eigenvalue weighted by Gasteiger charge is -2.19. The van der Waals surface area contributed by atoms with E-state index in [1.165, 1.54) is 18.3 Å². The molecule has 2 aromatic rings. The number of anilines is 3. The molecule has 0 spiro atoms. The number of ether oxygens (including phenoxy) is 1. The van der Waals surface area contributed by atoms with Crippen molar-refractivity contribution in [3.8, 4) is 5.75 Å². The highest BCUT2D eigenvalue weighted by Crippen LogP contribution is 2.34. The molecule has 0 bridgehead atoms. The zero-order valence-electron chi connectivity index (χ0n) is 13.1. The molecule has 8 nitrogen and oxygen atoms in total. The van der Waals surface area contributed by atoms with Gasteiger partial charge in [0, 0.05) is 30.8 Å². The average molecular weight is 328 g/mol. The van der Waals surface area contributed by atoms with E-state index in [0.717, 1.165) is 12.1 Å². The molecule has 1 fully saturated rings. The Morgan fingerprint density at radius 3 is 2.75 bits per heavy atom. The Hall–Kier alpha value is -3.16. The number of rotatable bonds is 5. The van der Waals surface area contributed by atoms with E-state index in [2.05, 4.69) is 10.3 Å². The molecule has 8 heteroatoms. The fourth-order valence-electron chi connectivity index (χ4n) is 2.60. The highest BCUT2D eigenvalue weighted by Gasteiger charge is 2.24. The van der Waals surface area contributed by atoms with Gasteiger partial charge < -0.3 is 15.0 Å². The van der Waals surface area contributed by atoms with Crippen molar-refractivity contribution >= 4 is 28.8 Å². The maximum absolute atomic E-state index is 11.9. The summed E-state index contributed by atoms with van der Waals surface area (Å²) in [5.74, 6) is 1.15. The third kappa shape index (κ3) is 3.12. The molecule has 0 saturated carbocycles.